The first kappa shape index (κ1) is 11.6. The summed E-state index contributed by atoms with van der Waals surface area (Å²) < 4.78 is 0. The Kier molecular flexibility index (Phi) is 3.14. The van der Waals surface area contributed by atoms with Crippen LogP contribution in [0, 0.1) is 10.8 Å². The monoisotopic (exact) mass is 220 g/mol. The van der Waals surface area contributed by atoms with Crippen LogP contribution in [0.3, 0.4) is 0 Å². The molecule has 1 rings (SSSR count). The molecule has 1 aromatic rings. The van der Waals surface area contributed by atoms with Crippen LogP contribution in [0.1, 0.15) is 11.1 Å². The summed E-state index contributed by atoms with van der Waals surface area (Å²) >= 11 is 0. The van der Waals surface area contributed by atoms with E-state index in [0.717, 1.165) is 0 Å². The van der Waals surface area contributed by atoms with Crippen LogP contribution in [0.25, 0.3) is 0 Å². The fourth-order valence-corrected chi connectivity index (χ4v) is 1.08. The van der Waals surface area contributed by atoms with E-state index in [1.165, 1.54) is 24.3 Å². The second-order valence-electron chi connectivity index (χ2n) is 2.94. The lowest BCUT2D eigenvalue weighted by molar-refractivity contribution is -0.130. The van der Waals surface area contributed by atoms with Gasteiger partial charge in [-0.15, -0.1) is 0 Å². The SMILES string of the molecule is N=C(C(=O)O)c1cccc(C(=N)C(=O)O)c1. The van der Waals surface area contributed by atoms with Gasteiger partial charge in [-0.05, 0) is 6.07 Å². The molecular weight excluding hydrogens is 212 g/mol. The maximum atomic E-state index is 10.5. The average Bonchev–Trinajstić information content (AvgIpc) is 2.26. The van der Waals surface area contributed by atoms with Crippen molar-refractivity contribution in [3.63, 3.8) is 0 Å². The molecule has 0 atom stereocenters. The summed E-state index contributed by atoms with van der Waals surface area (Å²) in [5.41, 5.74) is -1.15. The van der Waals surface area contributed by atoms with Gasteiger partial charge in [-0.3, -0.25) is 10.8 Å². The van der Waals surface area contributed by atoms with Gasteiger partial charge in [0.05, 0.1) is 0 Å². The molecule has 0 aromatic heterocycles. The van der Waals surface area contributed by atoms with Crippen molar-refractivity contribution in [3.8, 4) is 0 Å². The summed E-state index contributed by atoms with van der Waals surface area (Å²) in [6.07, 6.45) is 0. The summed E-state index contributed by atoms with van der Waals surface area (Å²) in [6.45, 7) is 0. The van der Waals surface area contributed by atoms with Crippen LogP contribution in [0.2, 0.25) is 0 Å². The van der Waals surface area contributed by atoms with E-state index < -0.39 is 23.4 Å². The summed E-state index contributed by atoms with van der Waals surface area (Å²) in [6, 6.07) is 5.33. The summed E-state index contributed by atoms with van der Waals surface area (Å²) in [5, 5.41) is 31.6. The zero-order valence-corrected chi connectivity index (χ0v) is 8.02. The van der Waals surface area contributed by atoms with Crippen molar-refractivity contribution in [1.82, 2.24) is 0 Å². The predicted molar refractivity (Wildman–Crippen MR) is 55.4 cm³/mol. The third kappa shape index (κ3) is 2.30. The largest absolute Gasteiger partial charge is 0.477 e. The number of hydrogen-bond donors (Lipinski definition) is 4. The Morgan fingerprint density at radius 2 is 1.31 bits per heavy atom. The Morgan fingerprint density at radius 3 is 1.62 bits per heavy atom. The standard InChI is InChI=1S/C10H8N2O4/c11-7(9(13)14)5-2-1-3-6(4-5)8(12)10(15)16/h1-4,11-12H,(H,13,14)(H,15,16). The van der Waals surface area contributed by atoms with Gasteiger partial charge in [-0.1, -0.05) is 18.2 Å². The summed E-state index contributed by atoms with van der Waals surface area (Å²) in [4.78, 5) is 21.0. The lowest BCUT2D eigenvalue weighted by Gasteiger charge is -2.02. The first-order valence-corrected chi connectivity index (χ1v) is 4.18. The van der Waals surface area contributed by atoms with E-state index in [2.05, 4.69) is 0 Å². The Balaban J connectivity index is 3.14. The van der Waals surface area contributed by atoms with Gasteiger partial charge in [-0.25, -0.2) is 9.59 Å². The topological polar surface area (TPSA) is 122 Å². The Morgan fingerprint density at radius 1 is 0.938 bits per heavy atom. The van der Waals surface area contributed by atoms with Crippen LogP contribution < -0.4 is 0 Å². The second-order valence-corrected chi connectivity index (χ2v) is 2.94. The molecule has 0 aliphatic carbocycles. The molecule has 0 unspecified atom stereocenters. The zero-order chi connectivity index (χ0) is 12.3. The van der Waals surface area contributed by atoms with Crippen molar-refractivity contribution in [2.75, 3.05) is 0 Å². The summed E-state index contributed by atoms with van der Waals surface area (Å²) in [7, 11) is 0. The maximum absolute atomic E-state index is 10.5. The van der Waals surface area contributed by atoms with Gasteiger partial charge in [0.1, 0.15) is 11.4 Å². The van der Waals surface area contributed by atoms with Crippen LogP contribution in [0.5, 0.6) is 0 Å². The minimum atomic E-state index is -1.40. The maximum Gasteiger partial charge on any atom is 0.354 e. The second kappa shape index (κ2) is 4.35. The first-order chi connectivity index (χ1) is 7.43. The third-order valence-corrected chi connectivity index (χ3v) is 1.87. The van der Waals surface area contributed by atoms with Gasteiger partial charge in [0.25, 0.3) is 0 Å². The zero-order valence-electron chi connectivity index (χ0n) is 8.02. The fourth-order valence-electron chi connectivity index (χ4n) is 1.08. The Bertz CT molecular complexity index is 452. The minimum absolute atomic E-state index is 0.0657. The smallest absolute Gasteiger partial charge is 0.354 e. The molecule has 0 radical (unpaired) electrons. The van der Waals surface area contributed by atoms with Gasteiger partial charge in [-0.2, -0.15) is 0 Å². The van der Waals surface area contributed by atoms with E-state index in [1.807, 2.05) is 0 Å². The van der Waals surface area contributed by atoms with Crippen molar-refractivity contribution >= 4 is 23.4 Å². The van der Waals surface area contributed by atoms with Gasteiger partial charge in [0.2, 0.25) is 0 Å². The van der Waals surface area contributed by atoms with Gasteiger partial charge >= 0.3 is 11.9 Å². The highest BCUT2D eigenvalue weighted by Gasteiger charge is 2.14. The van der Waals surface area contributed by atoms with E-state index in [4.69, 9.17) is 21.0 Å². The molecule has 6 heteroatoms. The molecule has 0 bridgehead atoms. The number of rotatable bonds is 4. The van der Waals surface area contributed by atoms with E-state index in [9.17, 15) is 9.59 Å². The van der Waals surface area contributed by atoms with Crippen molar-refractivity contribution < 1.29 is 19.8 Å². The molecular formula is C10H8N2O4. The first-order valence-electron chi connectivity index (χ1n) is 4.18. The number of nitrogens with one attached hydrogen (secondary N) is 2. The molecule has 0 spiro atoms. The van der Waals surface area contributed by atoms with Crippen LogP contribution in [0.15, 0.2) is 24.3 Å². The molecule has 0 aliphatic rings. The van der Waals surface area contributed by atoms with Gasteiger partial charge in [0, 0.05) is 11.1 Å². The molecule has 4 N–H and O–H groups in total. The number of aliphatic carboxylic acids is 2. The van der Waals surface area contributed by atoms with E-state index in [1.54, 1.807) is 0 Å². The van der Waals surface area contributed by atoms with Gasteiger partial charge < -0.3 is 10.2 Å². The van der Waals surface area contributed by atoms with Crippen molar-refractivity contribution in [2.45, 2.75) is 0 Å². The van der Waals surface area contributed by atoms with Crippen LogP contribution in [-0.2, 0) is 9.59 Å². The molecule has 0 heterocycles. The van der Waals surface area contributed by atoms with Crippen molar-refractivity contribution in [1.29, 1.82) is 10.8 Å². The van der Waals surface area contributed by atoms with E-state index in [0.29, 0.717) is 0 Å². The predicted octanol–water partition coefficient (Wildman–Crippen LogP) is 0.592. The average molecular weight is 220 g/mol. The Hall–Kier alpha value is -2.50. The van der Waals surface area contributed by atoms with Gasteiger partial charge in [0.15, 0.2) is 0 Å². The normalized spacial score (nSPS) is 9.50. The number of hydrogen-bond acceptors (Lipinski definition) is 4. The molecule has 0 saturated carbocycles. The number of carboxylic acid groups (broad SMARTS) is 2. The highest BCUT2D eigenvalue weighted by Crippen LogP contribution is 2.07. The van der Waals surface area contributed by atoms with Crippen molar-refractivity contribution in [2.24, 2.45) is 0 Å². The van der Waals surface area contributed by atoms with Crippen LogP contribution >= 0.6 is 0 Å². The molecule has 0 saturated heterocycles. The third-order valence-electron chi connectivity index (χ3n) is 1.87. The summed E-state index contributed by atoms with van der Waals surface area (Å²) in [5.74, 6) is -2.81. The number of carboxylic acids is 2. The molecule has 1 aromatic carbocycles. The van der Waals surface area contributed by atoms with Crippen LogP contribution in [0.4, 0.5) is 0 Å². The van der Waals surface area contributed by atoms with Crippen LogP contribution in [-0.4, -0.2) is 33.6 Å². The number of benzene rings is 1. The van der Waals surface area contributed by atoms with Crippen molar-refractivity contribution in [3.05, 3.63) is 35.4 Å². The minimum Gasteiger partial charge on any atom is -0.477 e. The molecule has 0 aliphatic heterocycles. The molecule has 0 fully saturated rings. The molecule has 82 valence electrons. The highest BCUT2D eigenvalue weighted by atomic mass is 16.4. The fraction of sp³-hybridized carbons (Fsp3) is 0. The van der Waals surface area contributed by atoms with E-state index in [-0.39, 0.29) is 11.1 Å². The molecule has 16 heavy (non-hydrogen) atoms. The molecule has 6 nitrogen and oxygen atoms in total. The molecule has 0 amide bonds. The highest BCUT2D eigenvalue weighted by molar-refractivity contribution is 6.43. The Labute approximate surface area is 90.2 Å². The van der Waals surface area contributed by atoms with E-state index >= 15 is 0 Å². The lowest BCUT2D eigenvalue weighted by Crippen LogP contribution is -2.16. The quantitative estimate of drug-likeness (QED) is 0.554. The number of carbonyl (C=O) groups is 2. The lowest BCUT2D eigenvalue weighted by atomic mass is 10.0.